The molecule has 0 bridgehead atoms. The molecule has 18 heavy (non-hydrogen) atoms. The fourth-order valence-electron chi connectivity index (χ4n) is 1.65. The lowest BCUT2D eigenvalue weighted by molar-refractivity contribution is 1.16. The molecule has 0 aliphatic heterocycles. The van der Waals surface area contributed by atoms with Gasteiger partial charge in [-0.3, -0.25) is 0 Å². The van der Waals surface area contributed by atoms with Gasteiger partial charge in [0.2, 0.25) is 0 Å². The molecule has 0 saturated carbocycles. The van der Waals surface area contributed by atoms with Gasteiger partial charge in [-0.1, -0.05) is 61.2 Å². The van der Waals surface area contributed by atoms with Crippen LogP contribution in [0.5, 0.6) is 0 Å². The molecule has 0 saturated heterocycles. The normalized spacial score (nSPS) is 12.6. The summed E-state index contributed by atoms with van der Waals surface area (Å²) in [6, 6.07) is 10.6. The molecular weight excluding hydrogens is 238 g/mol. The van der Waals surface area contributed by atoms with Gasteiger partial charge in [-0.2, -0.15) is 11.8 Å². The predicted octanol–water partition coefficient (Wildman–Crippen LogP) is 4.92. The van der Waals surface area contributed by atoms with Crippen LogP contribution in [-0.4, -0.2) is 6.26 Å². The Balaban J connectivity index is 0.00000137. The molecule has 1 atom stereocenters. The SMILES string of the molecule is C#N.C=C/C=C(\C=C/C)C(SC)c1ccccc1. The molecule has 0 fully saturated rings. The molecule has 0 N–H and O–H groups in total. The average molecular weight is 257 g/mol. The number of allylic oxidation sites excluding steroid dienone is 4. The lowest BCUT2D eigenvalue weighted by atomic mass is 10.0. The highest BCUT2D eigenvalue weighted by molar-refractivity contribution is 7.99. The van der Waals surface area contributed by atoms with E-state index in [0.29, 0.717) is 5.25 Å². The molecule has 2 heteroatoms. The first kappa shape index (κ1) is 16.3. The average Bonchev–Trinajstić information content (AvgIpc) is 2.43. The van der Waals surface area contributed by atoms with Gasteiger partial charge in [0.25, 0.3) is 0 Å². The lowest BCUT2D eigenvalue weighted by Crippen LogP contribution is -1.95. The first-order valence-corrected chi connectivity index (χ1v) is 6.91. The number of nitriles is 1. The van der Waals surface area contributed by atoms with E-state index < -0.39 is 0 Å². The Kier molecular flexibility index (Phi) is 9.44. The number of nitrogens with zero attached hydrogens (tertiary/aromatic N) is 1. The summed E-state index contributed by atoms with van der Waals surface area (Å²) in [7, 11) is 0. The van der Waals surface area contributed by atoms with E-state index in [1.807, 2.05) is 30.8 Å². The quantitative estimate of drug-likeness (QED) is 0.699. The van der Waals surface area contributed by atoms with Crippen LogP contribution in [0.1, 0.15) is 17.7 Å². The molecule has 1 aromatic carbocycles. The third-order valence-corrected chi connectivity index (χ3v) is 3.33. The summed E-state index contributed by atoms with van der Waals surface area (Å²) in [5.74, 6) is 0. The van der Waals surface area contributed by atoms with Crippen molar-refractivity contribution < 1.29 is 0 Å². The third kappa shape index (κ3) is 5.07. The van der Waals surface area contributed by atoms with Crippen LogP contribution in [-0.2, 0) is 0 Å². The molecule has 0 aliphatic carbocycles. The second kappa shape index (κ2) is 10.4. The van der Waals surface area contributed by atoms with Crippen LogP contribution in [0.25, 0.3) is 0 Å². The molecule has 1 rings (SSSR count). The molecule has 0 aromatic heterocycles. The van der Waals surface area contributed by atoms with E-state index in [1.54, 1.807) is 0 Å². The van der Waals surface area contributed by atoms with E-state index in [1.165, 1.54) is 11.1 Å². The van der Waals surface area contributed by atoms with Crippen LogP contribution in [0.3, 0.4) is 0 Å². The standard InChI is InChI=1S/C15H18S.CHN/c1-4-9-13(10-5-2)15(16-3)14-11-7-6-8-12-14;1-2/h4-12,15H,1H2,2-3H3;1H/b10-5-,13-9+;. The minimum atomic E-state index is 0.385. The minimum Gasteiger partial charge on any atom is -0.202 e. The fourth-order valence-corrected chi connectivity index (χ4v) is 2.51. The van der Waals surface area contributed by atoms with Crippen LogP contribution >= 0.6 is 11.8 Å². The van der Waals surface area contributed by atoms with Gasteiger partial charge in [-0.05, 0) is 24.3 Å². The third-order valence-electron chi connectivity index (χ3n) is 2.31. The van der Waals surface area contributed by atoms with Crippen molar-refractivity contribution in [2.45, 2.75) is 12.2 Å². The molecule has 0 aliphatic rings. The maximum atomic E-state index is 6.50. The Morgan fingerprint density at radius 2 is 1.94 bits per heavy atom. The Hall–Kier alpha value is -1.72. The van der Waals surface area contributed by atoms with Gasteiger partial charge >= 0.3 is 0 Å². The van der Waals surface area contributed by atoms with E-state index in [4.69, 9.17) is 5.26 Å². The molecule has 1 nitrogen and oxygen atoms in total. The molecule has 94 valence electrons. The van der Waals surface area contributed by atoms with Gasteiger partial charge in [0.1, 0.15) is 0 Å². The van der Waals surface area contributed by atoms with Gasteiger partial charge in [0, 0.05) is 6.57 Å². The summed E-state index contributed by atoms with van der Waals surface area (Å²) in [5, 5.41) is 6.88. The zero-order chi connectivity index (χ0) is 13.8. The smallest absolute Gasteiger partial charge is 0.0543 e. The second-order valence-electron chi connectivity index (χ2n) is 3.43. The molecule has 0 amide bonds. The number of thioether (sulfide) groups is 1. The van der Waals surface area contributed by atoms with E-state index in [9.17, 15) is 0 Å². The van der Waals surface area contributed by atoms with Crippen molar-refractivity contribution in [2.24, 2.45) is 0 Å². The summed E-state index contributed by atoms with van der Waals surface area (Å²) >= 11 is 1.84. The summed E-state index contributed by atoms with van der Waals surface area (Å²) in [6.45, 7) is 9.31. The highest BCUT2D eigenvalue weighted by atomic mass is 32.2. The highest BCUT2D eigenvalue weighted by Crippen LogP contribution is 2.34. The molecular formula is C16H19NS. The van der Waals surface area contributed by atoms with Crippen LogP contribution in [0.2, 0.25) is 0 Å². The topological polar surface area (TPSA) is 23.8 Å². The van der Waals surface area contributed by atoms with Crippen molar-refractivity contribution in [3.8, 4) is 6.57 Å². The Bertz CT molecular complexity index is 415. The number of rotatable bonds is 5. The zero-order valence-corrected chi connectivity index (χ0v) is 11.7. The van der Waals surface area contributed by atoms with E-state index in [-0.39, 0.29) is 0 Å². The first-order chi connectivity index (χ1) is 8.83. The van der Waals surface area contributed by atoms with E-state index >= 15 is 0 Å². The monoisotopic (exact) mass is 257 g/mol. The van der Waals surface area contributed by atoms with Crippen molar-refractivity contribution in [2.75, 3.05) is 6.26 Å². The largest absolute Gasteiger partial charge is 0.202 e. The van der Waals surface area contributed by atoms with Crippen molar-refractivity contribution in [3.63, 3.8) is 0 Å². The maximum absolute atomic E-state index is 6.50. The van der Waals surface area contributed by atoms with Crippen LogP contribution in [0.15, 0.2) is 66.8 Å². The van der Waals surface area contributed by atoms with Crippen molar-refractivity contribution in [1.29, 1.82) is 5.26 Å². The second-order valence-corrected chi connectivity index (χ2v) is 4.37. The fraction of sp³-hybridized carbons (Fsp3) is 0.188. The molecule has 0 radical (unpaired) electrons. The van der Waals surface area contributed by atoms with Crippen molar-refractivity contribution >= 4 is 11.8 Å². The van der Waals surface area contributed by atoms with E-state index in [2.05, 4.69) is 61.9 Å². The van der Waals surface area contributed by atoms with Gasteiger partial charge in [-0.25, -0.2) is 5.26 Å². The summed E-state index contributed by atoms with van der Waals surface area (Å²) in [4.78, 5) is 0. The number of benzene rings is 1. The van der Waals surface area contributed by atoms with Crippen LogP contribution in [0.4, 0.5) is 0 Å². The number of hydrogen-bond donors (Lipinski definition) is 0. The summed E-state index contributed by atoms with van der Waals surface area (Å²) in [6.07, 6.45) is 10.3. The first-order valence-electron chi connectivity index (χ1n) is 5.62. The Morgan fingerprint density at radius 3 is 2.39 bits per heavy atom. The van der Waals surface area contributed by atoms with Gasteiger partial charge < -0.3 is 0 Å². The van der Waals surface area contributed by atoms with Crippen LogP contribution < -0.4 is 0 Å². The molecule has 0 spiro atoms. The lowest BCUT2D eigenvalue weighted by Gasteiger charge is -2.16. The summed E-state index contributed by atoms with van der Waals surface area (Å²) < 4.78 is 0. The van der Waals surface area contributed by atoms with Crippen molar-refractivity contribution in [1.82, 2.24) is 0 Å². The predicted molar refractivity (Wildman–Crippen MR) is 82.5 cm³/mol. The van der Waals surface area contributed by atoms with E-state index in [0.717, 1.165) is 0 Å². The maximum Gasteiger partial charge on any atom is 0.0543 e. The van der Waals surface area contributed by atoms with Crippen LogP contribution in [0, 0.1) is 11.8 Å². The highest BCUT2D eigenvalue weighted by Gasteiger charge is 2.12. The minimum absolute atomic E-state index is 0.385. The van der Waals surface area contributed by atoms with Gasteiger partial charge in [0.15, 0.2) is 0 Å². The molecule has 1 aromatic rings. The summed E-state index contributed by atoms with van der Waals surface area (Å²) in [5.41, 5.74) is 2.62. The Labute approximate surface area is 115 Å². The Morgan fingerprint density at radius 1 is 1.33 bits per heavy atom. The van der Waals surface area contributed by atoms with Crippen molar-refractivity contribution in [3.05, 3.63) is 72.4 Å². The zero-order valence-electron chi connectivity index (χ0n) is 10.9. The molecule has 1 unspecified atom stereocenters. The number of hydrogen-bond acceptors (Lipinski definition) is 2. The van der Waals surface area contributed by atoms with Gasteiger partial charge in [0.05, 0.1) is 5.25 Å². The van der Waals surface area contributed by atoms with Gasteiger partial charge in [-0.15, -0.1) is 0 Å². The molecule has 0 heterocycles.